The molecule has 2 saturated heterocycles. The molecule has 0 aromatic heterocycles. The molecule has 0 unspecified atom stereocenters. The first kappa shape index (κ1) is 13.3. The predicted molar refractivity (Wildman–Crippen MR) is 71.1 cm³/mol. The number of nitrogens with one attached hydrogen (secondary N) is 2. The van der Waals surface area contributed by atoms with Crippen LogP contribution in [-0.4, -0.2) is 35.9 Å². The lowest BCUT2D eigenvalue weighted by molar-refractivity contribution is 0.0163. The molecular weight excluding hydrogens is 212 g/mol. The van der Waals surface area contributed by atoms with Crippen LogP contribution in [0.5, 0.6) is 0 Å². The Morgan fingerprint density at radius 2 is 1.41 bits per heavy atom. The smallest absolute Gasteiger partial charge is 0.0649 e. The average Bonchev–Trinajstić information content (AvgIpc) is 2.30. The maximum atomic E-state index is 10.5. The van der Waals surface area contributed by atoms with Gasteiger partial charge in [-0.25, -0.2) is 0 Å². The van der Waals surface area contributed by atoms with E-state index in [-0.39, 0.29) is 0 Å². The molecule has 0 radical (unpaired) electrons. The minimum absolute atomic E-state index is 0.510. The molecule has 0 saturated carbocycles. The zero-order chi connectivity index (χ0) is 12.1. The maximum absolute atomic E-state index is 10.5. The van der Waals surface area contributed by atoms with Crippen molar-refractivity contribution in [3.8, 4) is 0 Å². The number of hydrogen-bond donors (Lipinski definition) is 3. The Morgan fingerprint density at radius 3 is 1.76 bits per heavy atom. The second kappa shape index (κ2) is 6.17. The van der Waals surface area contributed by atoms with Gasteiger partial charge in [-0.2, -0.15) is 0 Å². The van der Waals surface area contributed by atoms with Gasteiger partial charge in [-0.05, 0) is 58.5 Å². The minimum atomic E-state index is -0.510. The second-order valence-electron chi connectivity index (χ2n) is 6.20. The molecule has 0 spiro atoms. The zero-order valence-corrected chi connectivity index (χ0v) is 11.2. The van der Waals surface area contributed by atoms with E-state index >= 15 is 0 Å². The Hall–Kier alpha value is -0.120. The number of piperidine rings is 2. The molecule has 2 heterocycles. The first-order valence-electron chi connectivity index (χ1n) is 7.35. The van der Waals surface area contributed by atoms with Gasteiger partial charge in [0, 0.05) is 12.1 Å². The van der Waals surface area contributed by atoms with Gasteiger partial charge < -0.3 is 15.7 Å². The second-order valence-corrected chi connectivity index (χ2v) is 6.20. The van der Waals surface area contributed by atoms with Crippen molar-refractivity contribution in [3.63, 3.8) is 0 Å². The van der Waals surface area contributed by atoms with Crippen molar-refractivity contribution in [1.29, 1.82) is 0 Å². The lowest BCUT2D eigenvalue weighted by Gasteiger charge is -2.35. The summed E-state index contributed by atoms with van der Waals surface area (Å²) < 4.78 is 0. The van der Waals surface area contributed by atoms with Crippen molar-refractivity contribution in [3.05, 3.63) is 0 Å². The molecule has 0 aliphatic carbocycles. The fourth-order valence-electron chi connectivity index (χ4n) is 3.34. The SMILES string of the molecule is CC(O)(C[C@H]1CCCCN1)C[C@H]1CCCCN1. The quantitative estimate of drug-likeness (QED) is 0.702. The highest BCUT2D eigenvalue weighted by atomic mass is 16.3. The van der Waals surface area contributed by atoms with Crippen molar-refractivity contribution in [2.24, 2.45) is 0 Å². The van der Waals surface area contributed by atoms with E-state index in [4.69, 9.17) is 0 Å². The molecule has 0 aromatic carbocycles. The fraction of sp³-hybridized carbons (Fsp3) is 1.00. The van der Waals surface area contributed by atoms with Crippen molar-refractivity contribution in [2.75, 3.05) is 13.1 Å². The largest absolute Gasteiger partial charge is 0.390 e. The Labute approximate surface area is 105 Å². The molecule has 0 amide bonds. The molecule has 2 rings (SSSR count). The van der Waals surface area contributed by atoms with Crippen LogP contribution < -0.4 is 10.6 Å². The molecule has 0 bridgehead atoms. The first-order valence-corrected chi connectivity index (χ1v) is 7.35. The van der Waals surface area contributed by atoms with Crippen LogP contribution >= 0.6 is 0 Å². The van der Waals surface area contributed by atoms with E-state index in [1.54, 1.807) is 0 Å². The van der Waals surface area contributed by atoms with Crippen LogP contribution in [0.1, 0.15) is 58.3 Å². The third-order valence-electron chi connectivity index (χ3n) is 4.20. The number of rotatable bonds is 4. The summed E-state index contributed by atoms with van der Waals surface area (Å²) in [6.07, 6.45) is 9.50. The summed E-state index contributed by atoms with van der Waals surface area (Å²) in [5.74, 6) is 0. The van der Waals surface area contributed by atoms with Crippen LogP contribution in [0.4, 0.5) is 0 Å². The van der Waals surface area contributed by atoms with Crippen molar-refractivity contribution in [1.82, 2.24) is 10.6 Å². The summed E-state index contributed by atoms with van der Waals surface area (Å²) in [7, 11) is 0. The van der Waals surface area contributed by atoms with Gasteiger partial charge >= 0.3 is 0 Å². The normalized spacial score (nSPS) is 31.4. The van der Waals surface area contributed by atoms with Crippen LogP contribution in [0.2, 0.25) is 0 Å². The topological polar surface area (TPSA) is 44.3 Å². The van der Waals surface area contributed by atoms with Gasteiger partial charge in [0.15, 0.2) is 0 Å². The summed E-state index contributed by atoms with van der Waals surface area (Å²) >= 11 is 0. The van der Waals surface area contributed by atoms with Crippen molar-refractivity contribution < 1.29 is 5.11 Å². The van der Waals surface area contributed by atoms with Gasteiger partial charge in [-0.3, -0.25) is 0 Å². The predicted octanol–water partition coefficient (Wildman–Crippen LogP) is 1.80. The van der Waals surface area contributed by atoms with E-state index in [2.05, 4.69) is 10.6 Å². The maximum Gasteiger partial charge on any atom is 0.0649 e. The number of aliphatic hydroxyl groups is 1. The van der Waals surface area contributed by atoms with E-state index in [9.17, 15) is 5.11 Å². The molecule has 2 fully saturated rings. The molecule has 3 N–H and O–H groups in total. The molecule has 0 aromatic rings. The summed E-state index contributed by atoms with van der Waals surface area (Å²) in [6.45, 7) is 4.27. The van der Waals surface area contributed by atoms with E-state index in [1.807, 2.05) is 6.92 Å². The molecular formula is C14H28N2O. The molecule has 17 heavy (non-hydrogen) atoms. The van der Waals surface area contributed by atoms with Crippen molar-refractivity contribution >= 4 is 0 Å². The highest BCUT2D eigenvalue weighted by Gasteiger charge is 2.29. The van der Waals surface area contributed by atoms with Crippen LogP contribution in [-0.2, 0) is 0 Å². The summed E-state index contributed by atoms with van der Waals surface area (Å²) in [5.41, 5.74) is -0.510. The van der Waals surface area contributed by atoms with Gasteiger partial charge in [0.05, 0.1) is 5.60 Å². The molecule has 3 nitrogen and oxygen atoms in total. The standard InChI is InChI=1S/C14H28N2O/c1-14(17,10-12-6-2-4-8-15-12)11-13-7-3-5-9-16-13/h12-13,15-17H,2-11H2,1H3/t12-,13-/m1/s1. The third kappa shape index (κ3) is 4.57. The van der Waals surface area contributed by atoms with Gasteiger partial charge in [-0.1, -0.05) is 12.8 Å². The van der Waals surface area contributed by atoms with Gasteiger partial charge in [-0.15, -0.1) is 0 Å². The van der Waals surface area contributed by atoms with Crippen molar-refractivity contribution in [2.45, 2.75) is 76.0 Å². The molecule has 2 atom stereocenters. The molecule has 3 heteroatoms. The average molecular weight is 240 g/mol. The first-order chi connectivity index (χ1) is 8.16. The summed E-state index contributed by atoms with van der Waals surface area (Å²) in [6, 6.07) is 1.06. The zero-order valence-electron chi connectivity index (χ0n) is 11.2. The van der Waals surface area contributed by atoms with Crippen LogP contribution in [0.3, 0.4) is 0 Å². The lowest BCUT2D eigenvalue weighted by Crippen LogP contribution is -2.45. The monoisotopic (exact) mass is 240 g/mol. The molecule has 2 aliphatic rings. The Bertz CT molecular complexity index is 196. The van der Waals surface area contributed by atoms with Crippen LogP contribution in [0, 0.1) is 0 Å². The number of hydrogen-bond acceptors (Lipinski definition) is 3. The van der Waals surface area contributed by atoms with Crippen LogP contribution in [0.25, 0.3) is 0 Å². The highest BCUT2D eigenvalue weighted by molar-refractivity contribution is 4.87. The van der Waals surface area contributed by atoms with E-state index in [0.717, 1.165) is 25.9 Å². The molecule has 100 valence electrons. The molecule has 2 aliphatic heterocycles. The Kier molecular flexibility index (Phi) is 4.83. The van der Waals surface area contributed by atoms with Crippen LogP contribution in [0.15, 0.2) is 0 Å². The van der Waals surface area contributed by atoms with E-state index in [1.165, 1.54) is 38.5 Å². The van der Waals surface area contributed by atoms with E-state index < -0.39 is 5.60 Å². The Balaban J connectivity index is 1.75. The lowest BCUT2D eigenvalue weighted by atomic mass is 9.85. The van der Waals surface area contributed by atoms with E-state index in [0.29, 0.717) is 12.1 Å². The summed E-state index contributed by atoms with van der Waals surface area (Å²) in [4.78, 5) is 0. The van der Waals surface area contributed by atoms with Gasteiger partial charge in [0.25, 0.3) is 0 Å². The highest BCUT2D eigenvalue weighted by Crippen LogP contribution is 2.25. The Morgan fingerprint density at radius 1 is 0.941 bits per heavy atom. The minimum Gasteiger partial charge on any atom is -0.390 e. The van der Waals surface area contributed by atoms with Gasteiger partial charge in [0.2, 0.25) is 0 Å². The summed E-state index contributed by atoms with van der Waals surface area (Å²) in [5, 5.41) is 17.6. The van der Waals surface area contributed by atoms with Gasteiger partial charge in [0.1, 0.15) is 0 Å². The third-order valence-corrected chi connectivity index (χ3v) is 4.20. The fourth-order valence-corrected chi connectivity index (χ4v) is 3.34.